The van der Waals surface area contributed by atoms with Crippen LogP contribution in [0, 0.1) is 5.92 Å². The number of amides is 3. The van der Waals surface area contributed by atoms with E-state index < -0.39 is 6.04 Å². The molecule has 3 amide bonds. The Balaban J connectivity index is 1.29. The fourth-order valence-electron chi connectivity index (χ4n) is 4.50. The Kier molecular flexibility index (Phi) is 3.94. The molecular weight excluding hydrogens is 302 g/mol. The highest BCUT2D eigenvalue weighted by Crippen LogP contribution is 2.61. The minimum Gasteiger partial charge on any atom is -0.354 e. The zero-order valence-electron chi connectivity index (χ0n) is 13.9. The van der Waals surface area contributed by atoms with Crippen LogP contribution in [-0.2, 0) is 16.6 Å². The summed E-state index contributed by atoms with van der Waals surface area (Å²) in [5.41, 5.74) is 3.25. The Morgan fingerprint density at radius 3 is 3.08 bits per heavy atom. The number of aryl methyl sites for hydroxylation is 1. The number of carbonyl (C=O) groups excluding carboxylic acids is 2. The summed E-state index contributed by atoms with van der Waals surface area (Å²) in [6.07, 6.45) is 6.18. The first-order chi connectivity index (χ1) is 11.7. The molecule has 0 aromatic heterocycles. The maximum absolute atomic E-state index is 12.1. The average Bonchev–Trinajstić information content (AvgIpc) is 3.23. The molecule has 1 aromatic rings. The van der Waals surface area contributed by atoms with Gasteiger partial charge in [-0.1, -0.05) is 24.3 Å². The van der Waals surface area contributed by atoms with Gasteiger partial charge >= 0.3 is 6.03 Å². The van der Waals surface area contributed by atoms with Gasteiger partial charge < -0.3 is 16.0 Å². The van der Waals surface area contributed by atoms with Gasteiger partial charge in [0.05, 0.1) is 0 Å². The topological polar surface area (TPSA) is 70.2 Å². The van der Waals surface area contributed by atoms with Crippen molar-refractivity contribution in [1.82, 2.24) is 16.0 Å². The zero-order chi connectivity index (χ0) is 16.6. The average molecular weight is 327 g/mol. The first-order valence-electron chi connectivity index (χ1n) is 9.09. The van der Waals surface area contributed by atoms with E-state index in [1.54, 1.807) is 0 Å². The van der Waals surface area contributed by atoms with E-state index >= 15 is 0 Å². The molecule has 1 aromatic carbocycles. The predicted octanol–water partition coefficient (Wildman–Crippen LogP) is 1.86. The number of urea groups is 1. The van der Waals surface area contributed by atoms with Crippen molar-refractivity contribution in [2.24, 2.45) is 5.92 Å². The lowest BCUT2D eigenvalue weighted by atomic mass is 9.95. The van der Waals surface area contributed by atoms with Crippen molar-refractivity contribution in [2.75, 3.05) is 13.1 Å². The summed E-state index contributed by atoms with van der Waals surface area (Å²) in [6.45, 7) is 1.40. The van der Waals surface area contributed by atoms with Crippen LogP contribution in [0.15, 0.2) is 24.3 Å². The molecule has 3 N–H and O–H groups in total. The molecule has 1 heterocycles. The number of fused-ring (bicyclic) bond motifs is 2. The van der Waals surface area contributed by atoms with E-state index in [0.717, 1.165) is 32.1 Å². The molecule has 1 spiro atoms. The standard InChI is InChI=1S/C19H25N3O2/c23-17-16(7-3-4-10-20-17)22-18(24)21-12-14-11-19(14)9-8-13-5-1-2-6-15(13)19/h1-2,5-6,14,16H,3-4,7-12H2,(H,20,23)(H2,21,22,24)/t14-,16+,19+/m0/s1. The molecule has 128 valence electrons. The summed E-state index contributed by atoms with van der Waals surface area (Å²) in [4.78, 5) is 24.0. The summed E-state index contributed by atoms with van der Waals surface area (Å²) in [7, 11) is 0. The largest absolute Gasteiger partial charge is 0.354 e. The highest BCUT2D eigenvalue weighted by molar-refractivity contribution is 5.87. The van der Waals surface area contributed by atoms with Crippen LogP contribution in [0.5, 0.6) is 0 Å². The highest BCUT2D eigenvalue weighted by Gasteiger charge is 2.57. The van der Waals surface area contributed by atoms with E-state index in [1.807, 2.05) is 0 Å². The normalized spacial score (nSPS) is 31.1. The molecule has 1 saturated heterocycles. The van der Waals surface area contributed by atoms with Crippen molar-refractivity contribution in [2.45, 2.75) is 50.0 Å². The summed E-state index contributed by atoms with van der Waals surface area (Å²) in [6, 6.07) is 8.09. The molecule has 5 heteroatoms. The number of rotatable bonds is 3. The van der Waals surface area contributed by atoms with Gasteiger partial charge in [0.25, 0.3) is 0 Å². The van der Waals surface area contributed by atoms with Crippen molar-refractivity contribution in [3.8, 4) is 0 Å². The molecule has 3 aliphatic rings. The Morgan fingerprint density at radius 2 is 2.17 bits per heavy atom. The van der Waals surface area contributed by atoms with Gasteiger partial charge in [0.1, 0.15) is 6.04 Å². The van der Waals surface area contributed by atoms with Gasteiger partial charge in [-0.25, -0.2) is 4.79 Å². The SMILES string of the molecule is O=C(NC[C@@H]1C[C@]12CCc1ccccc12)N[C@@H]1CCCCNC1=O. The first kappa shape index (κ1) is 15.5. The van der Waals surface area contributed by atoms with E-state index in [1.165, 1.54) is 17.5 Å². The van der Waals surface area contributed by atoms with Crippen molar-refractivity contribution < 1.29 is 9.59 Å². The second-order valence-corrected chi connectivity index (χ2v) is 7.41. The molecule has 1 saturated carbocycles. The van der Waals surface area contributed by atoms with Crippen LogP contribution in [0.25, 0.3) is 0 Å². The molecule has 3 atom stereocenters. The van der Waals surface area contributed by atoms with E-state index in [9.17, 15) is 9.59 Å². The second kappa shape index (κ2) is 6.11. The summed E-state index contributed by atoms with van der Waals surface area (Å²) in [5.74, 6) is 0.463. The van der Waals surface area contributed by atoms with Crippen LogP contribution in [0.1, 0.15) is 43.2 Å². The van der Waals surface area contributed by atoms with Crippen molar-refractivity contribution >= 4 is 11.9 Å². The van der Waals surface area contributed by atoms with E-state index in [0.29, 0.717) is 24.4 Å². The molecular formula is C19H25N3O2. The summed E-state index contributed by atoms with van der Waals surface area (Å²) in [5, 5.41) is 8.66. The number of benzene rings is 1. The number of hydrogen-bond donors (Lipinski definition) is 3. The van der Waals surface area contributed by atoms with Crippen LogP contribution in [0.3, 0.4) is 0 Å². The van der Waals surface area contributed by atoms with Crippen LogP contribution >= 0.6 is 0 Å². The molecule has 4 rings (SSSR count). The van der Waals surface area contributed by atoms with Gasteiger partial charge in [-0.3, -0.25) is 4.79 Å². The molecule has 1 aliphatic heterocycles. The van der Waals surface area contributed by atoms with Crippen molar-refractivity contribution in [1.29, 1.82) is 0 Å². The van der Waals surface area contributed by atoms with Gasteiger partial charge in [-0.15, -0.1) is 0 Å². The minimum atomic E-state index is -0.395. The Hall–Kier alpha value is -2.04. The zero-order valence-corrected chi connectivity index (χ0v) is 13.9. The third-order valence-electron chi connectivity index (χ3n) is 5.98. The van der Waals surface area contributed by atoms with E-state index in [-0.39, 0.29) is 11.9 Å². The number of carbonyl (C=O) groups is 2. The van der Waals surface area contributed by atoms with Crippen LogP contribution in [0.4, 0.5) is 4.79 Å². The van der Waals surface area contributed by atoms with Gasteiger partial charge in [-0.2, -0.15) is 0 Å². The lowest BCUT2D eigenvalue weighted by Gasteiger charge is -2.16. The molecule has 2 aliphatic carbocycles. The lowest BCUT2D eigenvalue weighted by molar-refractivity contribution is -0.122. The summed E-state index contributed by atoms with van der Waals surface area (Å²) < 4.78 is 0. The molecule has 2 fully saturated rings. The van der Waals surface area contributed by atoms with Crippen LogP contribution in [0.2, 0.25) is 0 Å². The third kappa shape index (κ3) is 2.76. The quantitative estimate of drug-likeness (QED) is 0.793. The van der Waals surface area contributed by atoms with Crippen LogP contribution < -0.4 is 16.0 Å². The number of nitrogens with one attached hydrogen (secondary N) is 3. The summed E-state index contributed by atoms with van der Waals surface area (Å²) >= 11 is 0. The fourth-order valence-corrected chi connectivity index (χ4v) is 4.50. The Morgan fingerprint density at radius 1 is 1.29 bits per heavy atom. The highest BCUT2D eigenvalue weighted by atomic mass is 16.2. The monoisotopic (exact) mass is 327 g/mol. The molecule has 0 unspecified atom stereocenters. The van der Waals surface area contributed by atoms with Gasteiger partial charge in [-0.05, 0) is 55.6 Å². The van der Waals surface area contributed by atoms with Crippen molar-refractivity contribution in [3.63, 3.8) is 0 Å². The maximum Gasteiger partial charge on any atom is 0.315 e. The maximum atomic E-state index is 12.1. The molecule has 0 bridgehead atoms. The van der Waals surface area contributed by atoms with Gasteiger partial charge in [0.15, 0.2) is 0 Å². The van der Waals surface area contributed by atoms with Crippen molar-refractivity contribution in [3.05, 3.63) is 35.4 Å². The van der Waals surface area contributed by atoms with E-state index in [4.69, 9.17) is 0 Å². The number of hydrogen-bond acceptors (Lipinski definition) is 2. The lowest BCUT2D eigenvalue weighted by Crippen LogP contribution is -2.49. The second-order valence-electron chi connectivity index (χ2n) is 7.41. The van der Waals surface area contributed by atoms with E-state index in [2.05, 4.69) is 40.2 Å². The molecule has 24 heavy (non-hydrogen) atoms. The third-order valence-corrected chi connectivity index (χ3v) is 5.98. The Bertz CT molecular complexity index is 660. The Labute approximate surface area is 142 Å². The molecule has 5 nitrogen and oxygen atoms in total. The first-order valence-corrected chi connectivity index (χ1v) is 9.09. The van der Waals surface area contributed by atoms with Gasteiger partial charge in [0, 0.05) is 18.5 Å². The van der Waals surface area contributed by atoms with Crippen LogP contribution in [-0.4, -0.2) is 31.1 Å². The minimum absolute atomic E-state index is 0.0599. The molecule has 0 radical (unpaired) electrons. The predicted molar refractivity (Wildman–Crippen MR) is 91.7 cm³/mol. The smallest absolute Gasteiger partial charge is 0.315 e. The van der Waals surface area contributed by atoms with Gasteiger partial charge in [0.2, 0.25) is 5.91 Å². The fraction of sp³-hybridized carbons (Fsp3) is 0.579.